The molecule has 1 N–H and O–H groups in total. The highest BCUT2D eigenvalue weighted by atomic mass is 19.1. The first kappa shape index (κ1) is 22.8. The molecule has 0 saturated heterocycles. The van der Waals surface area contributed by atoms with Crippen LogP contribution in [0.15, 0.2) is 66.7 Å². The van der Waals surface area contributed by atoms with Gasteiger partial charge in [0.2, 0.25) is 0 Å². The lowest BCUT2D eigenvalue weighted by Crippen LogP contribution is -2.31. The molecule has 0 aliphatic rings. The average molecular weight is 437 g/mol. The fraction of sp³-hybridized carbons (Fsp3) is 0.200. The van der Waals surface area contributed by atoms with Crippen molar-refractivity contribution in [2.75, 3.05) is 20.8 Å². The zero-order valence-electron chi connectivity index (χ0n) is 18.1. The van der Waals surface area contributed by atoms with Crippen molar-refractivity contribution in [3.8, 4) is 17.2 Å². The van der Waals surface area contributed by atoms with Crippen LogP contribution in [0.2, 0.25) is 0 Å². The smallest absolute Gasteiger partial charge is 0.258 e. The molecule has 3 aromatic rings. The number of rotatable bonds is 9. The maximum absolute atomic E-state index is 13.0. The summed E-state index contributed by atoms with van der Waals surface area (Å²) in [6.07, 6.45) is 0. The zero-order valence-corrected chi connectivity index (χ0v) is 18.1. The highest BCUT2D eigenvalue weighted by molar-refractivity contribution is 6.09. The second-order valence-electron chi connectivity index (χ2n) is 7.05. The fourth-order valence-corrected chi connectivity index (χ4v) is 3.16. The molecule has 0 aromatic heterocycles. The average Bonchev–Trinajstić information content (AvgIpc) is 2.82. The van der Waals surface area contributed by atoms with Crippen molar-refractivity contribution in [1.29, 1.82) is 0 Å². The Hall–Kier alpha value is -3.87. The molecule has 6 nitrogen and oxygen atoms in total. The van der Waals surface area contributed by atoms with E-state index in [1.54, 1.807) is 50.6 Å². The molecule has 7 heteroatoms. The van der Waals surface area contributed by atoms with Crippen molar-refractivity contribution in [3.05, 3.63) is 89.2 Å². The molecule has 0 aliphatic heterocycles. The van der Waals surface area contributed by atoms with E-state index < -0.39 is 5.82 Å². The van der Waals surface area contributed by atoms with Crippen LogP contribution in [0.3, 0.4) is 0 Å². The Labute approximate surface area is 185 Å². The summed E-state index contributed by atoms with van der Waals surface area (Å²) in [6.45, 7) is 1.65. The molecule has 0 fully saturated rings. The summed E-state index contributed by atoms with van der Waals surface area (Å²) in [7, 11) is 3.13. The van der Waals surface area contributed by atoms with Crippen LogP contribution in [0.25, 0.3) is 0 Å². The van der Waals surface area contributed by atoms with Gasteiger partial charge in [0.05, 0.1) is 20.3 Å². The maximum atomic E-state index is 13.0. The Morgan fingerprint density at radius 1 is 0.875 bits per heavy atom. The normalized spacial score (nSPS) is 11.4. The molecule has 3 aromatic carbocycles. The van der Waals surface area contributed by atoms with Crippen LogP contribution in [0.4, 0.5) is 4.39 Å². The van der Waals surface area contributed by atoms with E-state index in [0.29, 0.717) is 28.4 Å². The summed E-state index contributed by atoms with van der Waals surface area (Å²) in [5, 5.41) is 2.86. The van der Waals surface area contributed by atoms with Gasteiger partial charge in [-0.3, -0.25) is 9.59 Å². The lowest BCUT2D eigenvalue weighted by molar-refractivity contribution is -0.123. The van der Waals surface area contributed by atoms with Gasteiger partial charge in [-0.05, 0) is 73.7 Å². The van der Waals surface area contributed by atoms with Crippen LogP contribution >= 0.6 is 0 Å². The number of amides is 1. The Bertz CT molecular complexity index is 1080. The second kappa shape index (κ2) is 10.4. The Morgan fingerprint density at radius 3 is 2.06 bits per heavy atom. The van der Waals surface area contributed by atoms with Gasteiger partial charge in [0, 0.05) is 16.7 Å². The molecule has 1 amide bonds. The molecule has 0 spiro atoms. The topological polar surface area (TPSA) is 73.9 Å². The molecule has 0 aliphatic carbocycles. The van der Waals surface area contributed by atoms with Gasteiger partial charge in [0.15, 0.2) is 12.4 Å². The number of methoxy groups -OCH3 is 2. The van der Waals surface area contributed by atoms with E-state index in [1.165, 1.54) is 24.3 Å². The molecule has 166 valence electrons. The molecule has 0 heterocycles. The highest BCUT2D eigenvalue weighted by Gasteiger charge is 2.16. The number of carbonyl (C=O) groups excluding carboxylic acids is 2. The number of ketones is 1. The number of nitrogens with one attached hydrogen (secondary N) is 1. The van der Waals surface area contributed by atoms with Crippen LogP contribution < -0.4 is 19.5 Å². The number of ether oxygens (including phenoxy) is 3. The van der Waals surface area contributed by atoms with Crippen molar-refractivity contribution >= 4 is 11.7 Å². The van der Waals surface area contributed by atoms with Crippen molar-refractivity contribution in [1.82, 2.24) is 5.32 Å². The van der Waals surface area contributed by atoms with Gasteiger partial charge in [-0.15, -0.1) is 0 Å². The van der Waals surface area contributed by atoms with Gasteiger partial charge in [0.1, 0.15) is 23.1 Å². The van der Waals surface area contributed by atoms with Gasteiger partial charge in [-0.1, -0.05) is 0 Å². The predicted molar refractivity (Wildman–Crippen MR) is 118 cm³/mol. The quantitative estimate of drug-likeness (QED) is 0.505. The number of halogens is 1. The summed E-state index contributed by atoms with van der Waals surface area (Å²) in [5.74, 6) is 0.809. The molecule has 0 radical (unpaired) electrons. The third-order valence-electron chi connectivity index (χ3n) is 4.87. The van der Waals surface area contributed by atoms with Gasteiger partial charge in [-0.25, -0.2) is 4.39 Å². The van der Waals surface area contributed by atoms with Crippen molar-refractivity contribution in [2.45, 2.75) is 13.0 Å². The summed E-state index contributed by atoms with van der Waals surface area (Å²) in [6, 6.07) is 16.8. The van der Waals surface area contributed by atoms with E-state index in [9.17, 15) is 14.0 Å². The Balaban J connectivity index is 1.57. The van der Waals surface area contributed by atoms with Crippen molar-refractivity contribution in [2.24, 2.45) is 0 Å². The van der Waals surface area contributed by atoms with Gasteiger partial charge < -0.3 is 19.5 Å². The molecule has 1 atom stereocenters. The lowest BCUT2D eigenvalue weighted by Gasteiger charge is -2.18. The zero-order chi connectivity index (χ0) is 23.1. The summed E-state index contributed by atoms with van der Waals surface area (Å²) in [5.41, 5.74) is 1.61. The van der Waals surface area contributed by atoms with E-state index in [1.807, 2.05) is 13.0 Å². The predicted octanol–water partition coefficient (Wildman–Crippen LogP) is 4.33. The Kier molecular flexibility index (Phi) is 7.44. The first-order valence-electron chi connectivity index (χ1n) is 9.95. The summed E-state index contributed by atoms with van der Waals surface area (Å²) >= 11 is 0. The standard InChI is InChI=1S/C25H24FNO5/c1-16(22-14-21(30-2)12-13-23(22)31-3)27-24(28)15-32-20-10-6-18(7-11-20)25(29)17-4-8-19(26)9-5-17/h4-14,16H,15H2,1-3H3,(H,27,28). The minimum atomic E-state index is -0.400. The molecular weight excluding hydrogens is 413 g/mol. The van der Waals surface area contributed by atoms with Crippen LogP contribution in [-0.4, -0.2) is 32.5 Å². The maximum Gasteiger partial charge on any atom is 0.258 e. The molecule has 3 rings (SSSR count). The van der Waals surface area contributed by atoms with Crippen molar-refractivity contribution in [3.63, 3.8) is 0 Å². The molecule has 32 heavy (non-hydrogen) atoms. The van der Waals surface area contributed by atoms with Gasteiger partial charge in [-0.2, -0.15) is 0 Å². The highest BCUT2D eigenvalue weighted by Crippen LogP contribution is 2.29. The monoisotopic (exact) mass is 437 g/mol. The van der Waals surface area contributed by atoms with E-state index >= 15 is 0 Å². The minimum Gasteiger partial charge on any atom is -0.497 e. The number of carbonyl (C=O) groups is 2. The lowest BCUT2D eigenvalue weighted by atomic mass is 10.0. The van der Waals surface area contributed by atoms with Crippen LogP contribution in [0.1, 0.15) is 34.5 Å². The number of benzene rings is 3. The number of hydrogen-bond donors (Lipinski definition) is 1. The first-order valence-corrected chi connectivity index (χ1v) is 9.95. The van der Waals surface area contributed by atoms with Crippen molar-refractivity contribution < 1.29 is 28.2 Å². The first-order chi connectivity index (χ1) is 15.4. The fourth-order valence-electron chi connectivity index (χ4n) is 3.16. The number of hydrogen-bond acceptors (Lipinski definition) is 5. The van der Waals surface area contributed by atoms with E-state index in [-0.39, 0.29) is 24.3 Å². The molecule has 0 saturated carbocycles. The Morgan fingerprint density at radius 2 is 1.47 bits per heavy atom. The van der Waals surface area contributed by atoms with E-state index in [4.69, 9.17) is 14.2 Å². The van der Waals surface area contributed by atoms with Crippen LogP contribution in [0, 0.1) is 5.82 Å². The third kappa shape index (κ3) is 5.63. The SMILES string of the molecule is COc1ccc(OC)c(C(C)NC(=O)COc2ccc(C(=O)c3ccc(F)cc3)cc2)c1. The van der Waals surface area contributed by atoms with Gasteiger partial charge >= 0.3 is 0 Å². The third-order valence-corrected chi connectivity index (χ3v) is 4.87. The van der Waals surface area contributed by atoms with Crippen LogP contribution in [-0.2, 0) is 4.79 Å². The van der Waals surface area contributed by atoms with E-state index in [0.717, 1.165) is 5.56 Å². The minimum absolute atomic E-state index is 0.193. The molecule has 0 bridgehead atoms. The largest absolute Gasteiger partial charge is 0.497 e. The second-order valence-corrected chi connectivity index (χ2v) is 7.05. The molecular formula is C25H24FNO5. The van der Waals surface area contributed by atoms with Gasteiger partial charge in [0.25, 0.3) is 5.91 Å². The molecule has 1 unspecified atom stereocenters. The van der Waals surface area contributed by atoms with E-state index in [2.05, 4.69) is 5.32 Å². The summed E-state index contributed by atoms with van der Waals surface area (Å²) < 4.78 is 29.2. The van der Waals surface area contributed by atoms with Crippen LogP contribution in [0.5, 0.6) is 17.2 Å². The summed E-state index contributed by atoms with van der Waals surface area (Å²) in [4.78, 5) is 24.8.